The molecule has 12 rings (SSSR count). The summed E-state index contributed by atoms with van der Waals surface area (Å²) < 4.78 is 0. The molecular weight excluding hydrogens is 773 g/mol. The Bertz CT molecular complexity index is 3400. The van der Waals surface area contributed by atoms with Gasteiger partial charge in [0.1, 0.15) is 0 Å². The average molecular weight is 817 g/mol. The molecule has 0 fully saturated rings. The predicted molar refractivity (Wildman–Crippen MR) is 271 cm³/mol. The number of benzene rings is 10. The van der Waals surface area contributed by atoms with Crippen LogP contribution in [0.2, 0.25) is 0 Å². The lowest BCUT2D eigenvalue weighted by molar-refractivity contribution is 0.745. The summed E-state index contributed by atoms with van der Waals surface area (Å²) >= 11 is 0. The van der Waals surface area contributed by atoms with Crippen molar-refractivity contribution in [2.45, 2.75) is 12.0 Å². The van der Waals surface area contributed by atoms with Crippen LogP contribution in [0.1, 0.15) is 11.5 Å². The summed E-state index contributed by atoms with van der Waals surface area (Å²) in [7, 11) is 0. The molecule has 0 amide bonds. The van der Waals surface area contributed by atoms with Gasteiger partial charge in [-0.05, 0) is 132 Å². The molecular formula is C62H44N2. The molecule has 0 saturated heterocycles. The summed E-state index contributed by atoms with van der Waals surface area (Å²) in [6.45, 7) is 0. The number of para-hydroxylation sites is 1. The van der Waals surface area contributed by atoms with Gasteiger partial charge in [-0.1, -0.05) is 194 Å². The Morgan fingerprint density at radius 2 is 0.953 bits per heavy atom. The Morgan fingerprint density at radius 3 is 1.75 bits per heavy atom. The molecule has 64 heavy (non-hydrogen) atoms. The van der Waals surface area contributed by atoms with Crippen molar-refractivity contribution >= 4 is 50.0 Å². The Balaban J connectivity index is 1.01. The number of anilines is 5. The highest BCUT2D eigenvalue weighted by atomic mass is 15.2. The van der Waals surface area contributed by atoms with E-state index in [1.54, 1.807) is 0 Å². The first kappa shape index (κ1) is 37.6. The molecule has 2 unspecified atom stereocenters. The number of allylic oxidation sites excluding steroid dienone is 2. The van der Waals surface area contributed by atoms with Gasteiger partial charge in [-0.3, -0.25) is 0 Å². The molecule has 2 nitrogen and oxygen atoms in total. The number of rotatable bonds is 8. The first-order valence-corrected chi connectivity index (χ1v) is 22.2. The van der Waals surface area contributed by atoms with E-state index in [-0.39, 0.29) is 6.04 Å². The van der Waals surface area contributed by atoms with Crippen molar-refractivity contribution in [3.05, 3.63) is 260 Å². The van der Waals surface area contributed by atoms with Gasteiger partial charge in [0.15, 0.2) is 0 Å². The maximum absolute atomic E-state index is 2.53. The van der Waals surface area contributed by atoms with E-state index >= 15 is 0 Å². The van der Waals surface area contributed by atoms with E-state index in [2.05, 4.69) is 265 Å². The Kier molecular flexibility index (Phi) is 9.34. The van der Waals surface area contributed by atoms with Crippen LogP contribution in [0.15, 0.2) is 255 Å². The quantitative estimate of drug-likeness (QED) is 0.141. The molecule has 0 bridgehead atoms. The third-order valence-electron chi connectivity index (χ3n) is 13.2. The topological polar surface area (TPSA) is 6.48 Å². The standard InChI is InChI=1S/C62H44N2/c1-3-17-43(18-4-1)46-22-15-24-50(39-46)63(49-35-33-45(34-36-49)59-41-48-21-7-8-26-53(48)55-27-9-10-28-56(55)59)51-25-16-23-47(40-51)60-42-52(37-38-54(60)44-19-5-2-6-20-44)64-61-31-13-11-29-57(61)58-30-12-14-32-62(58)64/h1-42,57,61H. The summed E-state index contributed by atoms with van der Waals surface area (Å²) in [5.41, 5.74) is 16.6. The minimum atomic E-state index is 0.215. The van der Waals surface area contributed by atoms with Crippen LogP contribution in [0.4, 0.5) is 28.4 Å². The second-order valence-corrected chi connectivity index (χ2v) is 16.9. The molecule has 2 aliphatic rings. The Morgan fingerprint density at radius 1 is 0.344 bits per heavy atom. The number of fused-ring (bicyclic) bond motifs is 6. The highest BCUT2D eigenvalue weighted by Crippen LogP contribution is 2.49. The minimum absolute atomic E-state index is 0.215. The molecule has 1 aliphatic heterocycles. The summed E-state index contributed by atoms with van der Waals surface area (Å²) in [5, 5.41) is 5.06. The van der Waals surface area contributed by atoms with E-state index in [9.17, 15) is 0 Å². The second kappa shape index (κ2) is 15.9. The van der Waals surface area contributed by atoms with Gasteiger partial charge < -0.3 is 9.80 Å². The predicted octanol–water partition coefficient (Wildman–Crippen LogP) is 16.9. The molecule has 0 N–H and O–H groups in total. The molecule has 302 valence electrons. The lowest BCUT2D eigenvalue weighted by atomic mass is 9.91. The van der Waals surface area contributed by atoms with Gasteiger partial charge in [-0.25, -0.2) is 0 Å². The van der Waals surface area contributed by atoms with Gasteiger partial charge in [0.25, 0.3) is 0 Å². The summed E-state index contributed by atoms with van der Waals surface area (Å²) in [6, 6.07) is 84.6. The van der Waals surface area contributed by atoms with Crippen LogP contribution in [0.25, 0.3) is 66.1 Å². The van der Waals surface area contributed by atoms with Crippen LogP contribution in [0.3, 0.4) is 0 Å². The van der Waals surface area contributed by atoms with E-state index in [1.165, 1.54) is 77.4 Å². The molecule has 0 radical (unpaired) electrons. The van der Waals surface area contributed by atoms with Gasteiger partial charge in [0.05, 0.1) is 6.04 Å². The van der Waals surface area contributed by atoms with Gasteiger partial charge >= 0.3 is 0 Å². The monoisotopic (exact) mass is 816 g/mol. The van der Waals surface area contributed by atoms with Crippen LogP contribution in [0, 0.1) is 0 Å². The zero-order valence-corrected chi connectivity index (χ0v) is 35.3. The molecule has 0 spiro atoms. The average Bonchev–Trinajstić information content (AvgIpc) is 3.71. The molecule has 2 heteroatoms. The maximum Gasteiger partial charge on any atom is 0.0629 e. The van der Waals surface area contributed by atoms with Crippen molar-refractivity contribution in [3.63, 3.8) is 0 Å². The lowest BCUT2D eigenvalue weighted by Crippen LogP contribution is -2.28. The molecule has 2 atom stereocenters. The molecule has 0 aromatic heterocycles. The third-order valence-corrected chi connectivity index (χ3v) is 13.2. The van der Waals surface area contributed by atoms with Crippen molar-refractivity contribution in [1.82, 2.24) is 0 Å². The van der Waals surface area contributed by atoms with E-state index in [0.717, 1.165) is 22.6 Å². The van der Waals surface area contributed by atoms with Crippen molar-refractivity contribution < 1.29 is 0 Å². The van der Waals surface area contributed by atoms with Gasteiger partial charge in [-0.2, -0.15) is 0 Å². The fourth-order valence-corrected chi connectivity index (χ4v) is 10.2. The molecule has 10 aromatic rings. The molecule has 0 saturated carbocycles. The maximum atomic E-state index is 2.53. The van der Waals surface area contributed by atoms with Crippen LogP contribution >= 0.6 is 0 Å². The first-order chi connectivity index (χ1) is 31.7. The highest BCUT2D eigenvalue weighted by Gasteiger charge is 2.37. The SMILES string of the molecule is C1=CC2c3ccccc3N(c3ccc(-c4ccccc4)c(-c4cccc(N(c5ccc(-c6cc7ccccc7c7ccccc67)cc5)c5cccc(-c6ccccc6)c5)c4)c3)C2C=C1. The Hall–Kier alpha value is -8.20. The molecule has 1 heterocycles. The van der Waals surface area contributed by atoms with Crippen LogP contribution in [0.5, 0.6) is 0 Å². The normalized spacial score (nSPS) is 15.0. The van der Waals surface area contributed by atoms with Crippen molar-refractivity contribution in [3.8, 4) is 44.5 Å². The minimum Gasteiger partial charge on any atom is -0.333 e. The fourth-order valence-electron chi connectivity index (χ4n) is 10.2. The highest BCUT2D eigenvalue weighted by molar-refractivity contribution is 6.13. The van der Waals surface area contributed by atoms with E-state index in [1.807, 2.05) is 0 Å². The smallest absolute Gasteiger partial charge is 0.0629 e. The Labute approximate surface area is 375 Å². The van der Waals surface area contributed by atoms with Crippen molar-refractivity contribution in [2.75, 3.05) is 9.80 Å². The number of nitrogens with zero attached hydrogens (tertiary/aromatic N) is 2. The summed E-state index contributed by atoms with van der Waals surface area (Å²) in [6.07, 6.45) is 9.09. The zero-order chi connectivity index (χ0) is 42.4. The summed E-state index contributed by atoms with van der Waals surface area (Å²) in [4.78, 5) is 4.94. The lowest BCUT2D eigenvalue weighted by Gasteiger charge is -2.30. The second-order valence-electron chi connectivity index (χ2n) is 16.9. The van der Waals surface area contributed by atoms with Crippen LogP contribution in [-0.4, -0.2) is 6.04 Å². The third kappa shape index (κ3) is 6.60. The first-order valence-electron chi connectivity index (χ1n) is 22.2. The van der Waals surface area contributed by atoms with Gasteiger partial charge in [-0.15, -0.1) is 0 Å². The number of hydrogen-bond acceptors (Lipinski definition) is 2. The van der Waals surface area contributed by atoms with Crippen LogP contribution in [-0.2, 0) is 0 Å². The van der Waals surface area contributed by atoms with Crippen molar-refractivity contribution in [1.29, 1.82) is 0 Å². The number of hydrogen-bond donors (Lipinski definition) is 0. The van der Waals surface area contributed by atoms with E-state index in [0.29, 0.717) is 5.92 Å². The van der Waals surface area contributed by atoms with Gasteiger partial charge in [0, 0.05) is 34.4 Å². The van der Waals surface area contributed by atoms with Crippen molar-refractivity contribution in [2.24, 2.45) is 0 Å². The molecule has 10 aromatic carbocycles. The van der Waals surface area contributed by atoms with Crippen LogP contribution < -0.4 is 9.80 Å². The van der Waals surface area contributed by atoms with E-state index < -0.39 is 0 Å². The fraction of sp³-hybridized carbons (Fsp3) is 0.0323. The van der Waals surface area contributed by atoms with E-state index in [4.69, 9.17) is 0 Å². The summed E-state index contributed by atoms with van der Waals surface area (Å²) in [5.74, 6) is 0.313. The molecule has 1 aliphatic carbocycles. The largest absolute Gasteiger partial charge is 0.333 e. The zero-order valence-electron chi connectivity index (χ0n) is 35.3. The van der Waals surface area contributed by atoms with Gasteiger partial charge in [0.2, 0.25) is 0 Å².